The van der Waals surface area contributed by atoms with E-state index in [-0.39, 0.29) is 0 Å². The Labute approximate surface area is 147 Å². The highest BCUT2D eigenvalue weighted by molar-refractivity contribution is 5.76. The Morgan fingerprint density at radius 1 is 1.19 bits per heavy atom. The van der Waals surface area contributed by atoms with Crippen LogP contribution in [0.5, 0.6) is 5.75 Å². The molecule has 8 heteroatoms. The van der Waals surface area contributed by atoms with Crippen molar-refractivity contribution in [2.75, 3.05) is 0 Å². The quantitative estimate of drug-likeness (QED) is 0.523. The van der Waals surface area contributed by atoms with Crippen LogP contribution < -0.4 is 16.0 Å². The summed E-state index contributed by atoms with van der Waals surface area (Å²) in [6, 6.07) is 3.72. The highest BCUT2D eigenvalue weighted by Crippen LogP contribution is 2.19. The van der Waals surface area contributed by atoms with Gasteiger partial charge in [0, 0.05) is 11.6 Å². The molecule has 3 aromatic heterocycles. The fourth-order valence-electron chi connectivity index (χ4n) is 2.19. The number of hydrogen-bond donors (Lipinski definition) is 2. The Bertz CT molecular complexity index is 1150. The molecule has 26 heavy (non-hydrogen) atoms. The molecule has 0 aliphatic rings. The summed E-state index contributed by atoms with van der Waals surface area (Å²) in [7, 11) is 0. The molecular weight excluding hydrogens is 334 g/mol. The summed E-state index contributed by atoms with van der Waals surface area (Å²) in [4.78, 5) is 32.3. The number of nitrogens with zero attached hydrogens (tertiary/aromatic N) is 3. The zero-order chi connectivity index (χ0) is 18.5. The smallest absolute Gasteiger partial charge is 0.349 e. The Morgan fingerprint density at radius 2 is 2.04 bits per heavy atom. The van der Waals surface area contributed by atoms with E-state index in [1.807, 2.05) is 12.1 Å². The Hall–Kier alpha value is -3.94. The highest BCUT2D eigenvalue weighted by atomic mass is 16.5. The van der Waals surface area contributed by atoms with Gasteiger partial charge in [0.05, 0.1) is 11.9 Å². The number of fused-ring (bicyclic) bond motifs is 1. The second-order valence-corrected chi connectivity index (χ2v) is 5.11. The molecule has 130 valence electrons. The van der Waals surface area contributed by atoms with Crippen molar-refractivity contribution in [2.45, 2.75) is 0 Å². The van der Waals surface area contributed by atoms with Gasteiger partial charge in [-0.3, -0.25) is 9.78 Å². The topological polar surface area (TPSA) is 106 Å². The lowest BCUT2D eigenvalue weighted by molar-refractivity contribution is 0.443. The Morgan fingerprint density at radius 3 is 2.77 bits per heavy atom. The molecule has 0 amide bonds. The van der Waals surface area contributed by atoms with Crippen molar-refractivity contribution in [3.05, 3.63) is 94.8 Å². The molecule has 0 saturated heterocycles. The Balaban J connectivity index is 1.90. The minimum absolute atomic E-state index is 0.355. The average Bonchev–Trinajstić information content (AvgIpc) is 3.10. The molecule has 2 N–H and O–H groups in total. The molecular formula is C18H15N5O3. The van der Waals surface area contributed by atoms with E-state index in [1.165, 1.54) is 12.2 Å². The summed E-state index contributed by atoms with van der Waals surface area (Å²) in [5.74, 6) is 0.967. The van der Waals surface area contributed by atoms with Crippen LogP contribution in [0, 0.1) is 0 Å². The lowest BCUT2D eigenvalue weighted by Crippen LogP contribution is -2.30. The van der Waals surface area contributed by atoms with Gasteiger partial charge in [-0.15, -0.1) is 0 Å². The van der Waals surface area contributed by atoms with E-state index in [0.29, 0.717) is 17.2 Å². The molecule has 0 unspecified atom stereocenters. The van der Waals surface area contributed by atoms with E-state index in [4.69, 9.17) is 4.74 Å². The molecule has 0 atom stereocenters. The van der Waals surface area contributed by atoms with Crippen molar-refractivity contribution in [3.63, 3.8) is 0 Å². The van der Waals surface area contributed by atoms with Gasteiger partial charge in [0.2, 0.25) is 0 Å². The van der Waals surface area contributed by atoms with Gasteiger partial charge in [-0.25, -0.2) is 9.78 Å². The molecule has 3 aromatic rings. The predicted octanol–water partition coefficient (Wildman–Crippen LogP) is 1.98. The number of aromatic nitrogens is 5. The van der Waals surface area contributed by atoms with Crippen LogP contribution in [0.2, 0.25) is 0 Å². The monoisotopic (exact) mass is 349 g/mol. The number of H-pyrrole nitrogens is 2. The van der Waals surface area contributed by atoms with Gasteiger partial charge >= 0.3 is 5.69 Å². The van der Waals surface area contributed by atoms with Crippen LogP contribution in [0.4, 0.5) is 0 Å². The Kier molecular flexibility index (Phi) is 4.75. The molecule has 3 rings (SSSR count). The molecule has 0 aromatic carbocycles. The second kappa shape index (κ2) is 7.31. The standard InChI is InChI=1S/C18H15N5O3/c1-3-13(23-18(25)22-16(24)11-21-23)5-6-14(4-2)26-15-9-12-7-8-19-17(12)20-10-15/h3-11H,1-2H2,(H,19,20)(H,22,24,25)/b13-5+,14-6+. The van der Waals surface area contributed by atoms with Crippen LogP contribution in [0.3, 0.4) is 0 Å². The molecule has 0 fully saturated rings. The van der Waals surface area contributed by atoms with Crippen LogP contribution >= 0.6 is 0 Å². The molecule has 0 aliphatic heterocycles. The third-order valence-corrected chi connectivity index (χ3v) is 3.40. The van der Waals surface area contributed by atoms with Crippen molar-refractivity contribution in [3.8, 4) is 5.75 Å². The summed E-state index contributed by atoms with van der Waals surface area (Å²) in [5.41, 5.74) is -0.125. The zero-order valence-corrected chi connectivity index (χ0v) is 13.7. The zero-order valence-electron chi connectivity index (χ0n) is 13.7. The first-order chi connectivity index (χ1) is 12.6. The molecule has 0 bridgehead atoms. The van der Waals surface area contributed by atoms with Crippen molar-refractivity contribution in [1.29, 1.82) is 0 Å². The van der Waals surface area contributed by atoms with E-state index in [0.717, 1.165) is 21.9 Å². The van der Waals surface area contributed by atoms with Crippen LogP contribution in [0.15, 0.2) is 83.5 Å². The third-order valence-electron chi connectivity index (χ3n) is 3.40. The van der Waals surface area contributed by atoms with Gasteiger partial charge in [0.25, 0.3) is 5.56 Å². The van der Waals surface area contributed by atoms with Gasteiger partial charge in [0.1, 0.15) is 23.4 Å². The molecule has 0 saturated carbocycles. The normalized spacial score (nSPS) is 12.2. The van der Waals surface area contributed by atoms with Crippen molar-refractivity contribution in [2.24, 2.45) is 0 Å². The summed E-state index contributed by atoms with van der Waals surface area (Å²) in [6.07, 6.45) is 10.5. The lowest BCUT2D eigenvalue weighted by atomic mass is 10.3. The van der Waals surface area contributed by atoms with Crippen molar-refractivity contribution < 1.29 is 4.74 Å². The first-order valence-corrected chi connectivity index (χ1v) is 7.57. The van der Waals surface area contributed by atoms with E-state index in [1.54, 1.807) is 24.5 Å². The molecule has 0 spiro atoms. The molecule has 3 heterocycles. The first kappa shape index (κ1) is 16.9. The van der Waals surface area contributed by atoms with Crippen molar-refractivity contribution in [1.82, 2.24) is 24.7 Å². The van der Waals surface area contributed by atoms with E-state index in [2.05, 4.69) is 33.2 Å². The maximum atomic E-state index is 11.8. The predicted molar refractivity (Wildman–Crippen MR) is 98.6 cm³/mol. The van der Waals surface area contributed by atoms with Crippen LogP contribution in [0.1, 0.15) is 0 Å². The average molecular weight is 349 g/mol. The maximum Gasteiger partial charge on any atom is 0.349 e. The molecule has 0 radical (unpaired) electrons. The van der Waals surface area contributed by atoms with Crippen molar-refractivity contribution >= 4 is 16.7 Å². The fourth-order valence-corrected chi connectivity index (χ4v) is 2.19. The summed E-state index contributed by atoms with van der Waals surface area (Å²) >= 11 is 0. The van der Waals surface area contributed by atoms with Crippen LogP contribution in [-0.2, 0) is 0 Å². The number of nitrogens with one attached hydrogen (secondary N) is 2. The van der Waals surface area contributed by atoms with Gasteiger partial charge in [0.15, 0.2) is 0 Å². The minimum atomic E-state index is -0.666. The molecule has 0 aliphatic carbocycles. The first-order valence-electron chi connectivity index (χ1n) is 7.57. The van der Waals surface area contributed by atoms with E-state index >= 15 is 0 Å². The molecule has 8 nitrogen and oxygen atoms in total. The van der Waals surface area contributed by atoms with Gasteiger partial charge < -0.3 is 9.72 Å². The largest absolute Gasteiger partial charge is 0.456 e. The fraction of sp³-hybridized carbons (Fsp3) is 0. The third kappa shape index (κ3) is 3.59. The lowest BCUT2D eigenvalue weighted by Gasteiger charge is -2.06. The SMILES string of the molecule is C=C/C(=C\C=C(/C=C)n1ncc(=O)[nH]c1=O)Oc1cnc2[nH]ccc2c1. The number of rotatable bonds is 6. The number of pyridine rings is 1. The number of allylic oxidation sites excluding steroid dienone is 5. The van der Waals surface area contributed by atoms with Crippen LogP contribution in [0.25, 0.3) is 16.7 Å². The second-order valence-electron chi connectivity index (χ2n) is 5.11. The highest BCUT2D eigenvalue weighted by Gasteiger charge is 2.03. The van der Waals surface area contributed by atoms with E-state index < -0.39 is 11.2 Å². The van der Waals surface area contributed by atoms with Gasteiger partial charge in [-0.1, -0.05) is 13.2 Å². The van der Waals surface area contributed by atoms with Gasteiger partial charge in [-0.2, -0.15) is 9.78 Å². The summed E-state index contributed by atoms with van der Waals surface area (Å²) in [6.45, 7) is 7.36. The number of hydrogen-bond acceptors (Lipinski definition) is 5. The van der Waals surface area contributed by atoms with Crippen LogP contribution in [-0.4, -0.2) is 24.7 Å². The van der Waals surface area contributed by atoms with E-state index in [9.17, 15) is 9.59 Å². The van der Waals surface area contributed by atoms with Gasteiger partial charge in [-0.05, 0) is 36.4 Å². The number of ether oxygens (including phenoxy) is 1. The maximum absolute atomic E-state index is 11.8. The minimum Gasteiger partial charge on any atom is -0.456 e. The summed E-state index contributed by atoms with van der Waals surface area (Å²) in [5, 5.41) is 4.69. The number of aromatic amines is 2. The summed E-state index contributed by atoms with van der Waals surface area (Å²) < 4.78 is 6.76.